The Morgan fingerprint density at radius 2 is 1.28 bits per heavy atom. The minimum absolute atomic E-state index is 0.0404. The predicted octanol–water partition coefficient (Wildman–Crippen LogP) is 0.841. The van der Waals surface area contributed by atoms with Gasteiger partial charge in [0.25, 0.3) is 0 Å². The summed E-state index contributed by atoms with van der Waals surface area (Å²) < 4.78 is 3.61. The Bertz CT molecular complexity index is 545. The van der Waals surface area contributed by atoms with Crippen molar-refractivity contribution >= 4 is 11.0 Å². The maximum absolute atomic E-state index is 12.4. The third-order valence-corrected chi connectivity index (χ3v) is 2.77. The van der Waals surface area contributed by atoms with Crippen LogP contribution in [0.2, 0.25) is 0 Å². The van der Waals surface area contributed by atoms with Crippen LogP contribution < -0.4 is 5.69 Å². The maximum atomic E-state index is 12.4. The van der Waals surface area contributed by atoms with Crippen molar-refractivity contribution in [3.05, 3.63) is 34.7 Å². The third kappa shape index (κ3) is 2.32. The van der Waals surface area contributed by atoms with Crippen molar-refractivity contribution in [3.63, 3.8) is 0 Å². The van der Waals surface area contributed by atoms with E-state index in [1.54, 1.807) is 9.13 Å². The summed E-state index contributed by atoms with van der Waals surface area (Å²) in [6.07, 6.45) is 0. The van der Waals surface area contributed by atoms with Crippen LogP contribution in [0.1, 0.15) is 0 Å². The summed E-state index contributed by atoms with van der Waals surface area (Å²) in [7, 11) is 7.85. The second-order valence-electron chi connectivity index (χ2n) is 5.07. The monoisotopic (exact) mass is 248 g/mol. The highest BCUT2D eigenvalue weighted by Crippen LogP contribution is 2.12. The van der Waals surface area contributed by atoms with E-state index in [1.807, 2.05) is 62.3 Å². The summed E-state index contributed by atoms with van der Waals surface area (Å²) in [6, 6.07) is 7.92. The van der Waals surface area contributed by atoms with Gasteiger partial charge in [0.1, 0.15) is 0 Å². The fourth-order valence-corrected chi connectivity index (χ4v) is 2.11. The Morgan fingerprint density at radius 1 is 0.889 bits per heavy atom. The molecule has 0 bridgehead atoms. The average molecular weight is 248 g/mol. The molecule has 2 rings (SSSR count). The Labute approximate surface area is 107 Å². The molecule has 18 heavy (non-hydrogen) atoms. The molecule has 0 saturated carbocycles. The molecule has 0 aliphatic carbocycles. The number of aromatic nitrogens is 2. The van der Waals surface area contributed by atoms with E-state index < -0.39 is 0 Å². The van der Waals surface area contributed by atoms with Crippen LogP contribution in [-0.2, 0) is 13.3 Å². The molecule has 98 valence electrons. The molecule has 5 heteroatoms. The summed E-state index contributed by atoms with van der Waals surface area (Å²) >= 11 is 0. The lowest BCUT2D eigenvalue weighted by Crippen LogP contribution is -2.32. The van der Waals surface area contributed by atoms with Crippen LogP contribution in [0.3, 0.4) is 0 Å². The van der Waals surface area contributed by atoms with Crippen LogP contribution in [0, 0.1) is 0 Å². The topological polar surface area (TPSA) is 33.4 Å². The van der Waals surface area contributed by atoms with Crippen molar-refractivity contribution in [3.8, 4) is 0 Å². The van der Waals surface area contributed by atoms with Crippen LogP contribution in [0.15, 0.2) is 29.1 Å². The second kappa shape index (κ2) is 4.96. The maximum Gasteiger partial charge on any atom is 0.331 e. The SMILES string of the molecule is CN(C)Cn1c(=O)n(CN(C)C)c2ccccc21. The number of benzene rings is 1. The van der Waals surface area contributed by atoms with Crippen LogP contribution >= 0.6 is 0 Å². The van der Waals surface area contributed by atoms with Crippen molar-refractivity contribution in [1.29, 1.82) is 0 Å². The third-order valence-electron chi connectivity index (χ3n) is 2.77. The molecule has 1 aromatic carbocycles. The van der Waals surface area contributed by atoms with Gasteiger partial charge < -0.3 is 0 Å². The number of fused-ring (bicyclic) bond motifs is 1. The zero-order valence-corrected chi connectivity index (χ0v) is 11.4. The molecule has 0 unspecified atom stereocenters. The van der Waals surface area contributed by atoms with Crippen molar-refractivity contribution in [2.45, 2.75) is 13.3 Å². The van der Waals surface area contributed by atoms with Crippen molar-refractivity contribution < 1.29 is 0 Å². The number of rotatable bonds is 4. The van der Waals surface area contributed by atoms with Crippen molar-refractivity contribution in [2.24, 2.45) is 0 Å². The highest BCUT2D eigenvalue weighted by molar-refractivity contribution is 5.75. The molecule has 0 atom stereocenters. The number of hydrogen-bond donors (Lipinski definition) is 0. The minimum Gasteiger partial charge on any atom is -0.292 e. The van der Waals surface area contributed by atoms with Gasteiger partial charge in [-0.05, 0) is 40.3 Å². The predicted molar refractivity (Wildman–Crippen MR) is 73.6 cm³/mol. The average Bonchev–Trinajstić information content (AvgIpc) is 2.54. The fraction of sp³-hybridized carbons (Fsp3) is 0.462. The number of nitrogens with zero attached hydrogens (tertiary/aromatic N) is 4. The molecule has 0 saturated heterocycles. The van der Waals surface area contributed by atoms with Gasteiger partial charge in [-0.25, -0.2) is 4.79 Å². The van der Waals surface area contributed by atoms with E-state index in [-0.39, 0.29) is 5.69 Å². The first-order chi connectivity index (χ1) is 8.50. The van der Waals surface area contributed by atoms with Gasteiger partial charge in [-0.1, -0.05) is 12.1 Å². The molecular formula is C13H20N4O. The van der Waals surface area contributed by atoms with Gasteiger partial charge in [0, 0.05) is 0 Å². The van der Waals surface area contributed by atoms with Crippen LogP contribution in [0.25, 0.3) is 11.0 Å². The van der Waals surface area contributed by atoms with Gasteiger partial charge in [-0.2, -0.15) is 0 Å². The normalized spacial score (nSPS) is 11.9. The summed E-state index contributed by atoms with van der Waals surface area (Å²) in [6.45, 7) is 1.19. The Hall–Kier alpha value is -1.59. The molecule has 0 radical (unpaired) electrons. The molecule has 0 aliphatic rings. The zero-order chi connectivity index (χ0) is 13.3. The number of imidazole rings is 1. The van der Waals surface area contributed by atoms with Gasteiger partial charge in [0.15, 0.2) is 0 Å². The van der Waals surface area contributed by atoms with E-state index in [9.17, 15) is 4.79 Å². The lowest BCUT2D eigenvalue weighted by molar-refractivity contribution is 0.303. The molecule has 0 N–H and O–H groups in total. The van der Waals surface area contributed by atoms with Gasteiger partial charge in [0.05, 0.1) is 24.4 Å². The molecule has 1 heterocycles. The number of hydrogen-bond acceptors (Lipinski definition) is 3. The van der Waals surface area contributed by atoms with E-state index in [0.29, 0.717) is 13.3 Å². The van der Waals surface area contributed by atoms with Gasteiger partial charge in [-0.3, -0.25) is 18.9 Å². The molecule has 0 amide bonds. The second-order valence-corrected chi connectivity index (χ2v) is 5.07. The molecule has 2 aromatic rings. The Balaban J connectivity index is 2.63. The van der Waals surface area contributed by atoms with E-state index >= 15 is 0 Å². The molecule has 0 aliphatic heterocycles. The van der Waals surface area contributed by atoms with Crippen molar-refractivity contribution in [1.82, 2.24) is 18.9 Å². The standard InChI is InChI=1S/C13H20N4O/c1-14(2)9-16-11-7-5-6-8-12(11)17(13(16)18)10-15(3)4/h5-8H,9-10H2,1-4H3. The minimum atomic E-state index is 0.0404. The molecule has 0 spiro atoms. The van der Waals surface area contributed by atoms with Gasteiger partial charge in [0.2, 0.25) is 0 Å². The summed E-state index contributed by atoms with van der Waals surface area (Å²) in [4.78, 5) is 16.4. The highest BCUT2D eigenvalue weighted by atomic mass is 16.2. The molecule has 5 nitrogen and oxygen atoms in total. The first-order valence-corrected chi connectivity index (χ1v) is 5.98. The van der Waals surface area contributed by atoms with Crippen molar-refractivity contribution in [2.75, 3.05) is 28.2 Å². The number of para-hydroxylation sites is 2. The fourth-order valence-electron chi connectivity index (χ4n) is 2.11. The summed E-state index contributed by atoms with van der Waals surface area (Å²) in [5.41, 5.74) is 2.01. The molecule has 1 aromatic heterocycles. The van der Waals surface area contributed by atoms with E-state index in [1.165, 1.54) is 0 Å². The van der Waals surface area contributed by atoms with Crippen LogP contribution in [-0.4, -0.2) is 47.1 Å². The molecular weight excluding hydrogens is 228 g/mol. The van der Waals surface area contributed by atoms with Crippen LogP contribution in [0.4, 0.5) is 0 Å². The van der Waals surface area contributed by atoms with Crippen LogP contribution in [0.5, 0.6) is 0 Å². The molecule has 0 fully saturated rings. The lowest BCUT2D eigenvalue weighted by atomic mass is 10.3. The Morgan fingerprint density at radius 3 is 1.61 bits per heavy atom. The first kappa shape index (κ1) is 12.9. The smallest absolute Gasteiger partial charge is 0.292 e. The highest BCUT2D eigenvalue weighted by Gasteiger charge is 2.13. The van der Waals surface area contributed by atoms with E-state index in [2.05, 4.69) is 0 Å². The summed E-state index contributed by atoms with van der Waals surface area (Å²) in [5, 5.41) is 0. The van der Waals surface area contributed by atoms with E-state index in [4.69, 9.17) is 0 Å². The quantitative estimate of drug-likeness (QED) is 0.804. The van der Waals surface area contributed by atoms with Gasteiger partial charge >= 0.3 is 5.69 Å². The Kier molecular flexibility index (Phi) is 3.54. The van der Waals surface area contributed by atoms with E-state index in [0.717, 1.165) is 11.0 Å². The largest absolute Gasteiger partial charge is 0.331 e. The lowest BCUT2D eigenvalue weighted by Gasteiger charge is -2.11. The van der Waals surface area contributed by atoms with Gasteiger partial charge in [-0.15, -0.1) is 0 Å². The first-order valence-electron chi connectivity index (χ1n) is 5.98. The zero-order valence-electron chi connectivity index (χ0n) is 11.4. The summed E-state index contributed by atoms with van der Waals surface area (Å²) in [5.74, 6) is 0.